The van der Waals surface area contributed by atoms with E-state index in [0.29, 0.717) is 4.90 Å². The third kappa shape index (κ3) is 3.16. The van der Waals surface area contributed by atoms with Gasteiger partial charge in [-0.2, -0.15) is 21.0 Å². The number of carboxylic acids is 1. The molecule has 3 N–H and O–H groups in total. The van der Waals surface area contributed by atoms with E-state index < -0.39 is 32.9 Å². The maximum absolute atomic E-state index is 12.4. The molecule has 1 amide bonds. The zero-order valence-electron chi connectivity index (χ0n) is 11.0. The molecule has 2 atom stereocenters. The molecule has 0 aromatic rings. The van der Waals surface area contributed by atoms with Gasteiger partial charge in [-0.25, -0.2) is 4.79 Å². The molecule has 0 bridgehead atoms. The van der Waals surface area contributed by atoms with E-state index in [1.807, 2.05) is 0 Å². The van der Waals surface area contributed by atoms with Gasteiger partial charge in [0, 0.05) is 18.7 Å². The molecule has 0 aromatic heterocycles. The average molecular weight is 336 g/mol. The second kappa shape index (κ2) is 6.65. The molecule has 0 saturated carbocycles. The van der Waals surface area contributed by atoms with Gasteiger partial charge in [-0.1, -0.05) is 5.92 Å². The van der Waals surface area contributed by atoms with Crippen molar-refractivity contribution in [3.8, 4) is 12.3 Å². The first-order valence-corrected chi connectivity index (χ1v) is 8.09. The van der Waals surface area contributed by atoms with E-state index in [9.17, 15) is 27.7 Å². The lowest BCUT2D eigenvalue weighted by Gasteiger charge is -2.33. The van der Waals surface area contributed by atoms with Crippen LogP contribution in [0.3, 0.4) is 0 Å². The number of aliphatic carboxylic acids is 1. The van der Waals surface area contributed by atoms with Crippen LogP contribution in [0, 0.1) is 12.3 Å². The molecule has 0 aromatic carbocycles. The smallest absolute Gasteiger partial charge is 0.348 e. The predicted molar refractivity (Wildman–Crippen MR) is 77.3 cm³/mol. The van der Waals surface area contributed by atoms with E-state index in [2.05, 4.69) is 23.9 Å². The molecule has 8 nitrogen and oxygen atoms in total. The molecule has 1 rings (SSSR count). The lowest BCUT2D eigenvalue weighted by molar-refractivity contribution is -0.151. The normalized spacial score (nSPS) is 23.6. The Labute approximate surface area is 128 Å². The molecule has 118 valence electrons. The number of likely N-dealkylation sites (tertiary alicyclic amines) is 1. The lowest BCUT2D eigenvalue weighted by Crippen LogP contribution is -2.61. The highest BCUT2D eigenvalue weighted by Crippen LogP contribution is 2.35. The molecule has 0 aliphatic carbocycles. The monoisotopic (exact) mass is 336 g/mol. The van der Waals surface area contributed by atoms with Gasteiger partial charge in [-0.3, -0.25) is 14.7 Å². The lowest BCUT2D eigenvalue weighted by atomic mass is 10.2. The Balaban J connectivity index is 3.18. The van der Waals surface area contributed by atoms with Gasteiger partial charge in [0.2, 0.25) is 5.91 Å². The number of carbonyl (C=O) groups is 2. The first-order chi connectivity index (χ1) is 9.72. The SMILES string of the molecule is C#CCN[C@@H](CS)C(=O)N1CCC[C@]1(C(=O)O)S(=O)(=O)O. The second-order valence-corrected chi connectivity index (χ2v) is 6.47. The molecular formula is C11H16N2O6S2. The molecule has 0 unspecified atom stereocenters. The minimum absolute atomic E-state index is 0.00180. The molecule has 21 heavy (non-hydrogen) atoms. The fourth-order valence-electron chi connectivity index (χ4n) is 2.28. The van der Waals surface area contributed by atoms with Crippen molar-refractivity contribution < 1.29 is 27.7 Å². The third-order valence-electron chi connectivity index (χ3n) is 3.29. The van der Waals surface area contributed by atoms with Gasteiger partial charge in [-0.05, 0) is 6.42 Å². The predicted octanol–water partition coefficient (Wildman–Crippen LogP) is -1.20. The first kappa shape index (κ1) is 17.8. The Morgan fingerprint density at radius 1 is 1.52 bits per heavy atom. The van der Waals surface area contributed by atoms with Gasteiger partial charge < -0.3 is 10.0 Å². The minimum atomic E-state index is -5.01. The van der Waals surface area contributed by atoms with Crippen LogP contribution in [-0.4, -0.2) is 64.6 Å². The number of rotatable bonds is 6. The highest BCUT2D eigenvalue weighted by atomic mass is 32.2. The molecule has 0 spiro atoms. The topological polar surface area (TPSA) is 124 Å². The van der Waals surface area contributed by atoms with E-state index in [-0.39, 0.29) is 31.7 Å². The zero-order valence-corrected chi connectivity index (χ0v) is 12.7. The quantitative estimate of drug-likeness (QED) is 0.273. The zero-order chi connectivity index (χ0) is 16.3. The van der Waals surface area contributed by atoms with Crippen molar-refractivity contribution in [3.05, 3.63) is 0 Å². The molecule has 1 fully saturated rings. The largest absolute Gasteiger partial charge is 0.479 e. The fraction of sp³-hybridized carbons (Fsp3) is 0.636. The van der Waals surface area contributed by atoms with Crippen molar-refractivity contribution in [2.24, 2.45) is 0 Å². The van der Waals surface area contributed by atoms with Crippen LogP contribution in [0.15, 0.2) is 0 Å². The number of hydrogen-bond donors (Lipinski definition) is 4. The Hall–Kier alpha value is -1.28. The number of carbonyl (C=O) groups excluding carboxylic acids is 1. The molecular weight excluding hydrogens is 320 g/mol. The van der Waals surface area contributed by atoms with Crippen LogP contribution in [0.2, 0.25) is 0 Å². The standard InChI is InChI=1S/C11H16N2O6S2/c1-2-5-12-8(7-20)9(14)13-6-3-4-11(13,10(15)16)21(17,18)19/h1,8,12,20H,3-7H2,(H,15,16)(H,17,18,19)/t8-,11+/m0/s1. The summed E-state index contributed by atoms with van der Waals surface area (Å²) in [6.07, 6.45) is 4.83. The maximum atomic E-state index is 12.4. The number of carboxylic acid groups (broad SMARTS) is 1. The highest BCUT2D eigenvalue weighted by Gasteiger charge is 2.60. The van der Waals surface area contributed by atoms with E-state index in [1.165, 1.54) is 0 Å². The summed E-state index contributed by atoms with van der Waals surface area (Å²) in [4.78, 5) is 21.8. The third-order valence-corrected chi connectivity index (χ3v) is 5.11. The van der Waals surface area contributed by atoms with E-state index in [4.69, 9.17) is 6.42 Å². The van der Waals surface area contributed by atoms with Crippen molar-refractivity contribution in [1.82, 2.24) is 10.2 Å². The van der Waals surface area contributed by atoms with Crippen LogP contribution in [0.25, 0.3) is 0 Å². The summed E-state index contributed by atoms with van der Waals surface area (Å²) < 4.78 is 32.4. The second-order valence-electron chi connectivity index (χ2n) is 4.48. The Morgan fingerprint density at radius 3 is 2.57 bits per heavy atom. The number of nitrogens with one attached hydrogen (secondary N) is 1. The van der Waals surface area contributed by atoms with Crippen LogP contribution in [-0.2, 0) is 19.7 Å². The molecule has 1 saturated heterocycles. The number of hydrogen-bond acceptors (Lipinski definition) is 6. The minimum Gasteiger partial charge on any atom is -0.479 e. The summed E-state index contributed by atoms with van der Waals surface area (Å²) in [6, 6.07) is -0.942. The summed E-state index contributed by atoms with van der Waals surface area (Å²) >= 11 is 3.96. The number of nitrogens with zero attached hydrogens (tertiary/aromatic N) is 1. The van der Waals surface area contributed by atoms with Crippen LogP contribution in [0.1, 0.15) is 12.8 Å². The van der Waals surface area contributed by atoms with E-state index in [0.717, 1.165) is 0 Å². The van der Waals surface area contributed by atoms with Crippen molar-refractivity contribution in [3.63, 3.8) is 0 Å². The van der Waals surface area contributed by atoms with Crippen molar-refractivity contribution in [2.75, 3.05) is 18.8 Å². The summed E-state index contributed by atoms with van der Waals surface area (Å²) in [5.74, 6) is -0.316. The average Bonchev–Trinajstić information content (AvgIpc) is 2.84. The van der Waals surface area contributed by atoms with Crippen LogP contribution in [0.5, 0.6) is 0 Å². The van der Waals surface area contributed by atoms with Crippen molar-refractivity contribution >= 4 is 34.6 Å². The first-order valence-electron chi connectivity index (χ1n) is 6.02. The molecule has 10 heteroatoms. The van der Waals surface area contributed by atoms with Gasteiger partial charge in [-0.15, -0.1) is 6.42 Å². The molecule has 0 radical (unpaired) electrons. The summed E-state index contributed by atoms with van der Waals surface area (Å²) in [6.45, 7) is -0.0519. The van der Waals surface area contributed by atoms with Gasteiger partial charge >= 0.3 is 16.1 Å². The van der Waals surface area contributed by atoms with Crippen LogP contribution in [0.4, 0.5) is 0 Å². The molecule has 1 heterocycles. The Morgan fingerprint density at radius 2 is 2.14 bits per heavy atom. The van der Waals surface area contributed by atoms with E-state index in [1.54, 1.807) is 0 Å². The van der Waals surface area contributed by atoms with Crippen LogP contribution >= 0.6 is 12.6 Å². The maximum Gasteiger partial charge on any atom is 0.348 e. The van der Waals surface area contributed by atoms with Gasteiger partial charge in [0.25, 0.3) is 4.87 Å². The summed E-state index contributed by atoms with van der Waals surface area (Å²) in [7, 11) is -5.01. The molecule has 1 aliphatic rings. The number of terminal acetylenes is 1. The number of amides is 1. The van der Waals surface area contributed by atoms with E-state index >= 15 is 0 Å². The highest BCUT2D eigenvalue weighted by molar-refractivity contribution is 7.88. The van der Waals surface area contributed by atoms with Crippen LogP contribution < -0.4 is 5.32 Å². The van der Waals surface area contributed by atoms with Gasteiger partial charge in [0.1, 0.15) is 0 Å². The fourth-order valence-corrected chi connectivity index (χ4v) is 3.65. The summed E-state index contributed by atoms with van der Waals surface area (Å²) in [5.41, 5.74) is 0. The van der Waals surface area contributed by atoms with Gasteiger partial charge in [0.05, 0.1) is 12.6 Å². The summed E-state index contributed by atoms with van der Waals surface area (Å²) in [5, 5.41) is 11.9. The van der Waals surface area contributed by atoms with Gasteiger partial charge in [0.15, 0.2) is 0 Å². The Bertz CT molecular complexity index is 570. The Kier molecular flexibility index (Phi) is 5.63. The van der Waals surface area contributed by atoms with Crippen molar-refractivity contribution in [2.45, 2.75) is 23.8 Å². The van der Waals surface area contributed by atoms with Crippen molar-refractivity contribution in [1.29, 1.82) is 0 Å². The molecule has 1 aliphatic heterocycles. The number of thiol groups is 1.